The predicted molar refractivity (Wildman–Crippen MR) is 70.4 cm³/mol. The predicted octanol–water partition coefficient (Wildman–Crippen LogP) is 1.14. The quantitative estimate of drug-likeness (QED) is 0.819. The standard InChI is InChI=1S/C12H21N5/c1-9(8-13)14-11-7-12(16-10(2)15-11)17-5-3-4-6-17/h7,9H,3-6,8,13H2,1-2H3,(H,14,15,16). The summed E-state index contributed by atoms with van der Waals surface area (Å²) in [5.74, 6) is 2.71. The SMILES string of the molecule is Cc1nc(NC(C)CN)cc(N2CCCC2)n1. The van der Waals surface area contributed by atoms with E-state index in [1.54, 1.807) is 0 Å². The van der Waals surface area contributed by atoms with E-state index < -0.39 is 0 Å². The molecule has 1 saturated heterocycles. The molecule has 94 valence electrons. The zero-order valence-corrected chi connectivity index (χ0v) is 10.6. The first kappa shape index (κ1) is 12.1. The summed E-state index contributed by atoms with van der Waals surface area (Å²) < 4.78 is 0. The Morgan fingerprint density at radius 1 is 1.41 bits per heavy atom. The van der Waals surface area contributed by atoms with Crippen LogP contribution in [0.3, 0.4) is 0 Å². The molecule has 1 aliphatic rings. The van der Waals surface area contributed by atoms with E-state index in [1.807, 2.05) is 19.9 Å². The fourth-order valence-electron chi connectivity index (χ4n) is 2.05. The highest BCUT2D eigenvalue weighted by Crippen LogP contribution is 2.20. The number of aromatic nitrogens is 2. The van der Waals surface area contributed by atoms with Gasteiger partial charge in [-0.05, 0) is 26.7 Å². The molecule has 1 aliphatic heterocycles. The van der Waals surface area contributed by atoms with Crippen molar-refractivity contribution in [1.82, 2.24) is 9.97 Å². The molecule has 1 atom stereocenters. The largest absolute Gasteiger partial charge is 0.366 e. The summed E-state index contributed by atoms with van der Waals surface area (Å²) in [6.07, 6.45) is 2.51. The van der Waals surface area contributed by atoms with Crippen LogP contribution >= 0.6 is 0 Å². The first-order valence-electron chi connectivity index (χ1n) is 6.26. The zero-order valence-electron chi connectivity index (χ0n) is 10.6. The first-order chi connectivity index (χ1) is 8.19. The maximum absolute atomic E-state index is 5.60. The number of hydrogen-bond donors (Lipinski definition) is 2. The fraction of sp³-hybridized carbons (Fsp3) is 0.667. The second-order valence-corrected chi connectivity index (χ2v) is 4.63. The van der Waals surface area contributed by atoms with Crippen LogP contribution in [0.2, 0.25) is 0 Å². The molecular formula is C12H21N5. The van der Waals surface area contributed by atoms with E-state index in [-0.39, 0.29) is 6.04 Å². The Hall–Kier alpha value is -1.36. The summed E-state index contributed by atoms with van der Waals surface area (Å²) in [6.45, 7) is 6.78. The van der Waals surface area contributed by atoms with Gasteiger partial charge in [0.1, 0.15) is 17.5 Å². The third-order valence-corrected chi connectivity index (χ3v) is 3.00. The van der Waals surface area contributed by atoms with Crippen LogP contribution in [0.5, 0.6) is 0 Å². The third-order valence-electron chi connectivity index (χ3n) is 3.00. The number of nitrogens with one attached hydrogen (secondary N) is 1. The number of hydrogen-bond acceptors (Lipinski definition) is 5. The van der Waals surface area contributed by atoms with E-state index in [0.717, 1.165) is 30.5 Å². The highest BCUT2D eigenvalue weighted by Gasteiger charge is 2.15. The lowest BCUT2D eigenvalue weighted by atomic mass is 10.3. The highest BCUT2D eigenvalue weighted by molar-refractivity contribution is 5.50. The zero-order chi connectivity index (χ0) is 12.3. The summed E-state index contributed by atoms with van der Waals surface area (Å²) in [7, 11) is 0. The lowest BCUT2D eigenvalue weighted by molar-refractivity contribution is 0.793. The molecule has 5 heteroatoms. The first-order valence-corrected chi connectivity index (χ1v) is 6.26. The minimum absolute atomic E-state index is 0.232. The third kappa shape index (κ3) is 3.06. The molecule has 17 heavy (non-hydrogen) atoms. The summed E-state index contributed by atoms with van der Waals surface area (Å²) in [5, 5.41) is 3.29. The van der Waals surface area contributed by atoms with Crippen molar-refractivity contribution in [2.24, 2.45) is 5.73 Å². The van der Waals surface area contributed by atoms with Crippen molar-refractivity contribution in [3.05, 3.63) is 11.9 Å². The maximum atomic E-state index is 5.60. The molecule has 1 aromatic heterocycles. The second kappa shape index (κ2) is 5.31. The number of rotatable bonds is 4. The Morgan fingerprint density at radius 2 is 2.12 bits per heavy atom. The van der Waals surface area contributed by atoms with Gasteiger partial charge in [-0.3, -0.25) is 0 Å². The number of nitrogens with zero attached hydrogens (tertiary/aromatic N) is 3. The Balaban J connectivity index is 2.16. The molecule has 0 aliphatic carbocycles. The monoisotopic (exact) mass is 235 g/mol. The molecule has 0 bridgehead atoms. The van der Waals surface area contributed by atoms with E-state index in [1.165, 1.54) is 12.8 Å². The molecule has 5 nitrogen and oxygen atoms in total. The molecule has 0 spiro atoms. The van der Waals surface area contributed by atoms with Crippen LogP contribution in [0.4, 0.5) is 11.6 Å². The molecule has 2 rings (SSSR count). The molecule has 2 heterocycles. The van der Waals surface area contributed by atoms with Gasteiger partial charge < -0.3 is 16.0 Å². The van der Waals surface area contributed by atoms with E-state index in [4.69, 9.17) is 5.73 Å². The molecule has 0 radical (unpaired) electrons. The molecule has 0 amide bonds. The van der Waals surface area contributed by atoms with Gasteiger partial charge in [-0.25, -0.2) is 9.97 Å². The Labute approximate surface area is 102 Å². The normalized spacial score (nSPS) is 17.2. The summed E-state index contributed by atoms with van der Waals surface area (Å²) >= 11 is 0. The van der Waals surface area contributed by atoms with Crippen LogP contribution in [0.15, 0.2) is 6.07 Å². The van der Waals surface area contributed by atoms with Crippen LogP contribution < -0.4 is 16.0 Å². The molecule has 0 aromatic carbocycles. The summed E-state index contributed by atoms with van der Waals surface area (Å²) in [4.78, 5) is 11.2. The minimum atomic E-state index is 0.232. The van der Waals surface area contributed by atoms with Crippen molar-refractivity contribution in [2.75, 3.05) is 29.9 Å². The summed E-state index contributed by atoms with van der Waals surface area (Å²) in [5.41, 5.74) is 5.60. The molecule has 1 aromatic rings. The molecule has 1 fully saturated rings. The Kier molecular flexibility index (Phi) is 3.78. The van der Waals surface area contributed by atoms with Crippen LogP contribution in [-0.2, 0) is 0 Å². The van der Waals surface area contributed by atoms with Gasteiger partial charge in [-0.1, -0.05) is 0 Å². The fourth-order valence-corrected chi connectivity index (χ4v) is 2.05. The van der Waals surface area contributed by atoms with E-state index in [2.05, 4.69) is 20.2 Å². The van der Waals surface area contributed by atoms with Crippen LogP contribution in [0.25, 0.3) is 0 Å². The van der Waals surface area contributed by atoms with Gasteiger partial charge in [0.25, 0.3) is 0 Å². The van der Waals surface area contributed by atoms with E-state index in [0.29, 0.717) is 6.54 Å². The lowest BCUT2D eigenvalue weighted by Crippen LogP contribution is -2.26. The summed E-state index contributed by atoms with van der Waals surface area (Å²) in [6, 6.07) is 2.25. The van der Waals surface area contributed by atoms with Gasteiger partial charge in [-0.15, -0.1) is 0 Å². The lowest BCUT2D eigenvalue weighted by Gasteiger charge is -2.19. The number of aryl methyl sites for hydroxylation is 1. The number of nitrogens with two attached hydrogens (primary N) is 1. The maximum Gasteiger partial charge on any atom is 0.134 e. The van der Waals surface area contributed by atoms with Gasteiger partial charge in [0, 0.05) is 31.7 Å². The molecule has 0 saturated carbocycles. The Morgan fingerprint density at radius 3 is 2.76 bits per heavy atom. The molecule has 1 unspecified atom stereocenters. The van der Waals surface area contributed by atoms with E-state index in [9.17, 15) is 0 Å². The van der Waals surface area contributed by atoms with Crippen molar-refractivity contribution >= 4 is 11.6 Å². The van der Waals surface area contributed by atoms with Crippen molar-refractivity contribution in [3.63, 3.8) is 0 Å². The van der Waals surface area contributed by atoms with E-state index >= 15 is 0 Å². The van der Waals surface area contributed by atoms with Gasteiger partial charge in [-0.2, -0.15) is 0 Å². The van der Waals surface area contributed by atoms with Crippen molar-refractivity contribution in [2.45, 2.75) is 32.7 Å². The smallest absolute Gasteiger partial charge is 0.134 e. The van der Waals surface area contributed by atoms with Crippen LogP contribution in [-0.4, -0.2) is 35.6 Å². The second-order valence-electron chi connectivity index (χ2n) is 4.63. The van der Waals surface area contributed by atoms with Crippen molar-refractivity contribution in [1.29, 1.82) is 0 Å². The molecular weight excluding hydrogens is 214 g/mol. The average Bonchev–Trinajstić information content (AvgIpc) is 2.81. The highest BCUT2D eigenvalue weighted by atomic mass is 15.2. The van der Waals surface area contributed by atoms with Gasteiger partial charge in [0.05, 0.1) is 0 Å². The van der Waals surface area contributed by atoms with Gasteiger partial charge in [0.2, 0.25) is 0 Å². The van der Waals surface area contributed by atoms with Crippen LogP contribution in [0.1, 0.15) is 25.6 Å². The van der Waals surface area contributed by atoms with Gasteiger partial charge >= 0.3 is 0 Å². The average molecular weight is 235 g/mol. The molecule has 3 N–H and O–H groups in total. The number of anilines is 2. The topological polar surface area (TPSA) is 67.1 Å². The van der Waals surface area contributed by atoms with Crippen molar-refractivity contribution < 1.29 is 0 Å². The Bertz CT molecular complexity index is 373. The van der Waals surface area contributed by atoms with Gasteiger partial charge in [0.15, 0.2) is 0 Å². The van der Waals surface area contributed by atoms with Crippen molar-refractivity contribution in [3.8, 4) is 0 Å². The van der Waals surface area contributed by atoms with Crippen LogP contribution in [0, 0.1) is 6.92 Å². The minimum Gasteiger partial charge on any atom is -0.366 e.